The van der Waals surface area contributed by atoms with E-state index in [-0.39, 0.29) is 10.8 Å². The summed E-state index contributed by atoms with van der Waals surface area (Å²) in [5.74, 6) is -0.326. The molecule has 1 aliphatic rings. The number of carbonyl (C=O) groups is 1. The van der Waals surface area contributed by atoms with E-state index in [2.05, 4.69) is 32.8 Å². The van der Waals surface area contributed by atoms with Crippen molar-refractivity contribution in [2.45, 2.75) is 52.0 Å². The average molecular weight is 473 g/mol. The molecule has 2 aromatic rings. The second-order valence-corrected chi connectivity index (χ2v) is 11.4. The number of carbonyl (C=O) groups excluding carboxylic acids is 1. The van der Waals surface area contributed by atoms with E-state index in [0.29, 0.717) is 11.1 Å². The molecule has 0 radical (unpaired) electrons. The SMILES string of the molecule is CCN1CCN(c2ccc(NC(=O)c3cc(S(=O)(=O)NC(C)(C)C)ccc3C)c(C)c2)CC1. The number of rotatable bonds is 6. The molecule has 1 heterocycles. The molecule has 2 N–H and O–H groups in total. The molecule has 8 heteroatoms. The van der Waals surface area contributed by atoms with Gasteiger partial charge in [0.1, 0.15) is 0 Å². The summed E-state index contributed by atoms with van der Waals surface area (Å²) in [6.07, 6.45) is 0. The molecular formula is C25H36N4O3S. The maximum atomic E-state index is 13.1. The molecule has 1 amide bonds. The van der Waals surface area contributed by atoms with Crippen molar-refractivity contribution >= 4 is 27.3 Å². The molecule has 7 nitrogen and oxygen atoms in total. The van der Waals surface area contributed by atoms with Crippen LogP contribution in [0.2, 0.25) is 0 Å². The van der Waals surface area contributed by atoms with Gasteiger partial charge in [-0.2, -0.15) is 0 Å². The monoisotopic (exact) mass is 472 g/mol. The van der Waals surface area contributed by atoms with Gasteiger partial charge >= 0.3 is 0 Å². The molecular weight excluding hydrogens is 436 g/mol. The van der Waals surface area contributed by atoms with Crippen LogP contribution in [0.25, 0.3) is 0 Å². The number of aryl methyl sites for hydroxylation is 2. The maximum absolute atomic E-state index is 13.1. The summed E-state index contributed by atoms with van der Waals surface area (Å²) in [7, 11) is -3.73. The van der Waals surface area contributed by atoms with Crippen LogP contribution >= 0.6 is 0 Å². The van der Waals surface area contributed by atoms with Crippen LogP contribution in [0.4, 0.5) is 11.4 Å². The lowest BCUT2D eigenvalue weighted by Gasteiger charge is -2.35. The zero-order valence-electron chi connectivity index (χ0n) is 20.5. The maximum Gasteiger partial charge on any atom is 0.255 e. The molecule has 1 fully saturated rings. The standard InChI is InChI=1S/C25H36N4O3S/c1-7-28-12-14-29(15-13-28)20-9-11-23(19(3)16-20)26-24(30)22-17-21(10-8-18(22)2)33(31,32)27-25(4,5)6/h8-11,16-17,27H,7,12-15H2,1-6H3,(H,26,30). The normalized spacial score (nSPS) is 15.5. The van der Waals surface area contributed by atoms with Crippen molar-refractivity contribution in [3.63, 3.8) is 0 Å². The molecule has 0 aliphatic carbocycles. The largest absolute Gasteiger partial charge is 0.369 e. The first-order valence-corrected chi connectivity index (χ1v) is 12.9. The Morgan fingerprint density at radius 3 is 2.21 bits per heavy atom. The first-order chi connectivity index (χ1) is 15.4. The van der Waals surface area contributed by atoms with Crippen molar-refractivity contribution < 1.29 is 13.2 Å². The zero-order chi connectivity index (χ0) is 24.4. The summed E-state index contributed by atoms with van der Waals surface area (Å²) >= 11 is 0. The highest BCUT2D eigenvalue weighted by Gasteiger charge is 2.24. The topological polar surface area (TPSA) is 81.8 Å². The highest BCUT2D eigenvalue weighted by molar-refractivity contribution is 7.89. The Labute approximate surface area is 198 Å². The van der Waals surface area contributed by atoms with Gasteiger partial charge in [-0.05, 0) is 82.6 Å². The molecule has 0 saturated carbocycles. The molecule has 0 bridgehead atoms. The second-order valence-electron chi connectivity index (χ2n) is 9.71. The fourth-order valence-electron chi connectivity index (χ4n) is 3.97. The molecule has 0 unspecified atom stereocenters. The predicted octanol–water partition coefficient (Wildman–Crippen LogP) is 3.77. The third-order valence-electron chi connectivity index (χ3n) is 5.85. The van der Waals surface area contributed by atoms with Gasteiger partial charge in [-0.25, -0.2) is 13.1 Å². The van der Waals surface area contributed by atoms with Gasteiger partial charge < -0.3 is 15.1 Å². The number of benzene rings is 2. The van der Waals surface area contributed by atoms with E-state index in [0.717, 1.165) is 49.7 Å². The van der Waals surface area contributed by atoms with Crippen LogP contribution in [0.15, 0.2) is 41.3 Å². The van der Waals surface area contributed by atoms with Crippen molar-refractivity contribution in [1.82, 2.24) is 9.62 Å². The molecule has 0 spiro atoms. The molecule has 0 atom stereocenters. The number of likely N-dealkylation sites (N-methyl/N-ethyl adjacent to an activating group) is 1. The number of nitrogens with one attached hydrogen (secondary N) is 2. The van der Waals surface area contributed by atoms with E-state index in [4.69, 9.17) is 0 Å². The van der Waals surface area contributed by atoms with Gasteiger partial charge in [0.25, 0.3) is 5.91 Å². The van der Waals surface area contributed by atoms with Gasteiger partial charge in [0.2, 0.25) is 10.0 Å². The van der Waals surface area contributed by atoms with Crippen LogP contribution in [-0.4, -0.2) is 57.5 Å². The summed E-state index contributed by atoms with van der Waals surface area (Å²) in [4.78, 5) is 17.9. The number of amides is 1. The van der Waals surface area contributed by atoms with Crippen LogP contribution in [0.3, 0.4) is 0 Å². The summed E-state index contributed by atoms with van der Waals surface area (Å²) in [5, 5.41) is 2.96. The number of piperazine rings is 1. The third kappa shape index (κ3) is 6.34. The lowest BCUT2D eigenvalue weighted by atomic mass is 10.1. The van der Waals surface area contributed by atoms with Gasteiger partial charge in [-0.1, -0.05) is 13.0 Å². The van der Waals surface area contributed by atoms with Crippen LogP contribution in [0, 0.1) is 13.8 Å². The molecule has 33 heavy (non-hydrogen) atoms. The van der Waals surface area contributed by atoms with Gasteiger partial charge in [0.15, 0.2) is 0 Å². The average Bonchev–Trinajstić information content (AvgIpc) is 2.73. The zero-order valence-corrected chi connectivity index (χ0v) is 21.3. The fraction of sp³-hybridized carbons (Fsp3) is 0.480. The molecule has 0 aromatic heterocycles. The fourth-order valence-corrected chi connectivity index (χ4v) is 5.42. The predicted molar refractivity (Wildman–Crippen MR) is 135 cm³/mol. The van der Waals surface area contributed by atoms with Crippen molar-refractivity contribution in [3.05, 3.63) is 53.1 Å². The third-order valence-corrected chi connectivity index (χ3v) is 7.60. The Balaban J connectivity index is 1.77. The first kappa shape index (κ1) is 25.2. The molecule has 180 valence electrons. The number of hydrogen-bond acceptors (Lipinski definition) is 5. The highest BCUT2D eigenvalue weighted by Crippen LogP contribution is 2.25. The Bertz CT molecular complexity index is 1110. The van der Waals surface area contributed by atoms with Gasteiger partial charge in [-0.3, -0.25) is 4.79 Å². The summed E-state index contributed by atoms with van der Waals surface area (Å²) < 4.78 is 28.1. The smallest absolute Gasteiger partial charge is 0.255 e. The van der Waals surface area contributed by atoms with Crippen LogP contribution < -0.4 is 14.9 Å². The lowest BCUT2D eigenvalue weighted by molar-refractivity contribution is 0.102. The minimum absolute atomic E-state index is 0.0754. The van der Waals surface area contributed by atoms with E-state index >= 15 is 0 Å². The van der Waals surface area contributed by atoms with E-state index in [1.165, 1.54) is 12.1 Å². The van der Waals surface area contributed by atoms with Gasteiger partial charge in [0.05, 0.1) is 4.90 Å². The van der Waals surface area contributed by atoms with E-state index in [1.54, 1.807) is 33.8 Å². The van der Waals surface area contributed by atoms with Crippen LogP contribution in [-0.2, 0) is 10.0 Å². The Kier molecular flexibility index (Phi) is 7.51. The Hall–Kier alpha value is -2.42. The van der Waals surface area contributed by atoms with Crippen molar-refractivity contribution in [2.75, 3.05) is 42.9 Å². The van der Waals surface area contributed by atoms with Gasteiger partial charge in [0, 0.05) is 48.7 Å². The highest BCUT2D eigenvalue weighted by atomic mass is 32.2. The molecule has 2 aromatic carbocycles. The number of sulfonamides is 1. The van der Waals surface area contributed by atoms with E-state index in [9.17, 15) is 13.2 Å². The van der Waals surface area contributed by atoms with Crippen LogP contribution in [0.1, 0.15) is 49.2 Å². The van der Waals surface area contributed by atoms with Crippen LogP contribution in [0.5, 0.6) is 0 Å². The minimum atomic E-state index is -3.73. The Morgan fingerprint density at radius 1 is 0.970 bits per heavy atom. The summed E-state index contributed by atoms with van der Waals surface area (Å²) in [6, 6.07) is 10.7. The lowest BCUT2D eigenvalue weighted by Crippen LogP contribution is -2.46. The second kappa shape index (κ2) is 9.83. The number of nitrogens with zero attached hydrogens (tertiary/aromatic N) is 2. The van der Waals surface area contributed by atoms with Crippen molar-refractivity contribution in [2.24, 2.45) is 0 Å². The first-order valence-electron chi connectivity index (χ1n) is 11.4. The summed E-state index contributed by atoms with van der Waals surface area (Å²) in [5.41, 5.74) is 3.27. The minimum Gasteiger partial charge on any atom is -0.369 e. The molecule has 3 rings (SSSR count). The number of anilines is 2. The molecule has 1 saturated heterocycles. The van der Waals surface area contributed by atoms with Crippen molar-refractivity contribution in [3.8, 4) is 0 Å². The quantitative estimate of drug-likeness (QED) is 0.669. The number of hydrogen-bond donors (Lipinski definition) is 2. The van der Waals surface area contributed by atoms with Crippen molar-refractivity contribution in [1.29, 1.82) is 0 Å². The summed E-state index contributed by atoms with van der Waals surface area (Å²) in [6.45, 7) is 16.5. The van der Waals surface area contributed by atoms with E-state index < -0.39 is 15.6 Å². The van der Waals surface area contributed by atoms with E-state index in [1.807, 2.05) is 19.1 Å². The van der Waals surface area contributed by atoms with Gasteiger partial charge in [-0.15, -0.1) is 0 Å². The molecule has 1 aliphatic heterocycles. The Morgan fingerprint density at radius 2 is 1.64 bits per heavy atom.